The molecule has 1 unspecified atom stereocenters. The first-order valence-electron chi connectivity index (χ1n) is 5.41. The number of carbonyl (C=O) groups excluding carboxylic acids is 1. The van der Waals surface area contributed by atoms with E-state index in [0.29, 0.717) is 16.6 Å². The Labute approximate surface area is 110 Å². The molecule has 0 amide bonds. The molecule has 2 rings (SSSR count). The van der Waals surface area contributed by atoms with Gasteiger partial charge in [0.15, 0.2) is 0 Å². The smallest absolute Gasteiger partial charge is 0.319 e. The van der Waals surface area contributed by atoms with Crippen molar-refractivity contribution in [3.63, 3.8) is 0 Å². The predicted molar refractivity (Wildman–Crippen MR) is 70.2 cm³/mol. The van der Waals surface area contributed by atoms with Gasteiger partial charge in [-0.1, -0.05) is 11.6 Å². The van der Waals surface area contributed by atoms with Gasteiger partial charge in [0.2, 0.25) is 0 Å². The molecule has 2 N–H and O–H groups in total. The van der Waals surface area contributed by atoms with Crippen molar-refractivity contribution >= 4 is 35.0 Å². The van der Waals surface area contributed by atoms with Crippen molar-refractivity contribution < 1.29 is 9.53 Å². The fraction of sp³-hybridized carbons (Fsp3) is 0.417. The van der Waals surface area contributed by atoms with E-state index in [4.69, 9.17) is 22.1 Å². The van der Waals surface area contributed by atoms with Gasteiger partial charge in [-0.3, -0.25) is 4.79 Å². The highest BCUT2D eigenvalue weighted by Gasteiger charge is 2.38. The van der Waals surface area contributed by atoms with E-state index in [1.54, 1.807) is 12.1 Å². The Morgan fingerprint density at radius 3 is 2.82 bits per heavy atom. The Morgan fingerprint density at radius 1 is 1.59 bits per heavy atom. The molecule has 0 aliphatic heterocycles. The highest BCUT2D eigenvalue weighted by Crippen LogP contribution is 2.43. The van der Waals surface area contributed by atoms with Crippen LogP contribution < -0.4 is 5.73 Å². The minimum absolute atomic E-state index is 0.150. The summed E-state index contributed by atoms with van der Waals surface area (Å²) in [5.74, 6) is 0.245. The number of rotatable bonds is 4. The summed E-state index contributed by atoms with van der Waals surface area (Å²) in [4.78, 5) is 12.6. The molecule has 1 atom stereocenters. The predicted octanol–water partition coefficient (Wildman–Crippen LogP) is 2.97. The number of halogens is 1. The number of nitrogens with two attached hydrogens (primary N) is 1. The molecule has 1 aliphatic carbocycles. The number of esters is 1. The summed E-state index contributed by atoms with van der Waals surface area (Å²) in [6, 6.07) is 5.33. The first-order valence-corrected chi connectivity index (χ1v) is 6.67. The third-order valence-electron chi connectivity index (χ3n) is 2.71. The van der Waals surface area contributed by atoms with E-state index in [2.05, 4.69) is 0 Å². The molecule has 0 radical (unpaired) electrons. The van der Waals surface area contributed by atoms with Crippen LogP contribution in [0.25, 0.3) is 0 Å². The van der Waals surface area contributed by atoms with Crippen LogP contribution in [0.3, 0.4) is 0 Å². The average molecular weight is 272 g/mol. The van der Waals surface area contributed by atoms with Crippen LogP contribution in [-0.2, 0) is 9.53 Å². The Kier molecular flexibility index (Phi) is 3.84. The summed E-state index contributed by atoms with van der Waals surface area (Å²) in [6.07, 6.45) is 2.17. The fourth-order valence-corrected chi connectivity index (χ4v) is 3.07. The van der Waals surface area contributed by atoms with Crippen molar-refractivity contribution in [3.8, 4) is 0 Å². The van der Waals surface area contributed by atoms with Gasteiger partial charge in [0.1, 0.15) is 5.25 Å². The zero-order chi connectivity index (χ0) is 12.4. The molecule has 1 saturated carbocycles. The zero-order valence-corrected chi connectivity index (χ0v) is 11.1. The first-order chi connectivity index (χ1) is 8.11. The molecule has 1 fully saturated rings. The minimum Gasteiger partial charge on any atom is -0.468 e. The molecule has 1 aromatic carbocycles. The van der Waals surface area contributed by atoms with Crippen molar-refractivity contribution in [2.24, 2.45) is 5.92 Å². The van der Waals surface area contributed by atoms with E-state index in [0.717, 1.165) is 17.7 Å². The summed E-state index contributed by atoms with van der Waals surface area (Å²) in [6.45, 7) is 0. The SMILES string of the molecule is COC(=O)C(Sc1ccc(Cl)cc1N)C1CC1. The van der Waals surface area contributed by atoms with Crippen LogP contribution in [0.2, 0.25) is 5.02 Å². The van der Waals surface area contributed by atoms with Crippen LogP contribution >= 0.6 is 23.4 Å². The summed E-state index contributed by atoms with van der Waals surface area (Å²) in [5, 5.41) is 0.455. The summed E-state index contributed by atoms with van der Waals surface area (Å²) in [5.41, 5.74) is 6.48. The Balaban J connectivity index is 2.14. The van der Waals surface area contributed by atoms with E-state index in [9.17, 15) is 4.79 Å². The van der Waals surface area contributed by atoms with Gasteiger partial charge in [0, 0.05) is 15.6 Å². The second kappa shape index (κ2) is 5.19. The molecular weight excluding hydrogens is 258 g/mol. The maximum atomic E-state index is 11.7. The van der Waals surface area contributed by atoms with Gasteiger partial charge in [-0.25, -0.2) is 0 Å². The molecule has 3 nitrogen and oxygen atoms in total. The molecule has 0 aromatic heterocycles. The topological polar surface area (TPSA) is 52.3 Å². The monoisotopic (exact) mass is 271 g/mol. The minimum atomic E-state index is -0.174. The van der Waals surface area contributed by atoms with Crippen molar-refractivity contribution in [3.05, 3.63) is 23.2 Å². The highest BCUT2D eigenvalue weighted by molar-refractivity contribution is 8.00. The summed E-state index contributed by atoms with van der Waals surface area (Å²) >= 11 is 7.31. The van der Waals surface area contributed by atoms with E-state index < -0.39 is 0 Å². The lowest BCUT2D eigenvalue weighted by molar-refractivity contribution is -0.140. The molecule has 0 spiro atoms. The number of methoxy groups -OCH3 is 1. The third kappa shape index (κ3) is 3.07. The number of anilines is 1. The molecule has 0 heterocycles. The van der Waals surface area contributed by atoms with Crippen molar-refractivity contribution in [1.29, 1.82) is 0 Å². The van der Waals surface area contributed by atoms with Crippen LogP contribution in [0, 0.1) is 5.92 Å². The number of hydrogen-bond acceptors (Lipinski definition) is 4. The average Bonchev–Trinajstić information content (AvgIpc) is 3.11. The number of hydrogen-bond donors (Lipinski definition) is 1. The maximum Gasteiger partial charge on any atom is 0.319 e. The number of benzene rings is 1. The first kappa shape index (κ1) is 12.6. The molecular formula is C12H14ClNO2S. The van der Waals surface area contributed by atoms with Gasteiger partial charge in [0.05, 0.1) is 7.11 Å². The third-order valence-corrected chi connectivity index (χ3v) is 4.40. The fourth-order valence-electron chi connectivity index (χ4n) is 1.62. The van der Waals surface area contributed by atoms with Crippen LogP contribution in [0.1, 0.15) is 12.8 Å². The number of ether oxygens (including phenoxy) is 1. The maximum absolute atomic E-state index is 11.7. The Bertz CT molecular complexity index is 435. The lowest BCUT2D eigenvalue weighted by Gasteiger charge is -2.14. The number of thioether (sulfide) groups is 1. The molecule has 0 saturated heterocycles. The Hall–Kier alpha value is -0.870. The lowest BCUT2D eigenvalue weighted by atomic mass is 10.3. The lowest BCUT2D eigenvalue weighted by Crippen LogP contribution is -2.21. The zero-order valence-electron chi connectivity index (χ0n) is 9.48. The number of carbonyl (C=O) groups is 1. The molecule has 92 valence electrons. The van der Waals surface area contributed by atoms with Crippen LogP contribution in [0.15, 0.2) is 23.1 Å². The van der Waals surface area contributed by atoms with Crippen molar-refractivity contribution in [2.75, 3.05) is 12.8 Å². The highest BCUT2D eigenvalue weighted by atomic mass is 35.5. The molecule has 1 aliphatic rings. The van der Waals surface area contributed by atoms with Crippen molar-refractivity contribution in [2.45, 2.75) is 23.0 Å². The second-order valence-corrected chi connectivity index (χ2v) is 5.70. The van der Waals surface area contributed by atoms with Gasteiger partial charge < -0.3 is 10.5 Å². The van der Waals surface area contributed by atoms with Gasteiger partial charge in [-0.2, -0.15) is 0 Å². The van der Waals surface area contributed by atoms with E-state index in [1.807, 2.05) is 6.07 Å². The van der Waals surface area contributed by atoms with Gasteiger partial charge in [0.25, 0.3) is 0 Å². The molecule has 0 bridgehead atoms. The van der Waals surface area contributed by atoms with Gasteiger partial charge in [-0.15, -0.1) is 11.8 Å². The second-order valence-electron chi connectivity index (χ2n) is 4.08. The van der Waals surface area contributed by atoms with Gasteiger partial charge >= 0.3 is 5.97 Å². The molecule has 17 heavy (non-hydrogen) atoms. The molecule has 5 heteroatoms. The normalized spacial score (nSPS) is 16.6. The van der Waals surface area contributed by atoms with Crippen LogP contribution in [-0.4, -0.2) is 18.3 Å². The Morgan fingerprint density at radius 2 is 2.29 bits per heavy atom. The largest absolute Gasteiger partial charge is 0.468 e. The van der Waals surface area contributed by atoms with Crippen LogP contribution in [0.4, 0.5) is 5.69 Å². The quantitative estimate of drug-likeness (QED) is 0.520. The standard InChI is InChI=1S/C12H14ClNO2S/c1-16-12(15)11(7-2-3-7)17-10-5-4-8(13)6-9(10)14/h4-7,11H,2-3,14H2,1H3. The summed E-state index contributed by atoms with van der Waals surface area (Å²) < 4.78 is 4.82. The number of nitrogen functional groups attached to an aromatic ring is 1. The van der Waals surface area contributed by atoms with E-state index >= 15 is 0 Å². The van der Waals surface area contributed by atoms with Gasteiger partial charge in [-0.05, 0) is 37.0 Å². The van der Waals surface area contributed by atoms with E-state index in [1.165, 1.54) is 18.9 Å². The molecule has 1 aromatic rings. The van der Waals surface area contributed by atoms with Crippen molar-refractivity contribution in [1.82, 2.24) is 0 Å². The summed E-state index contributed by atoms with van der Waals surface area (Å²) in [7, 11) is 1.42. The van der Waals surface area contributed by atoms with E-state index in [-0.39, 0.29) is 11.2 Å². The van der Waals surface area contributed by atoms with Crippen LogP contribution in [0.5, 0.6) is 0 Å².